The zero-order chi connectivity index (χ0) is 12.8. The fourth-order valence-electron chi connectivity index (χ4n) is 1.55. The summed E-state index contributed by atoms with van der Waals surface area (Å²) in [5.41, 5.74) is 8.39. The topological polar surface area (TPSA) is 55.1 Å². The third kappa shape index (κ3) is 4.40. The van der Waals surface area contributed by atoms with Gasteiger partial charge in [-0.3, -0.25) is 4.79 Å². The largest absolute Gasteiger partial charge is 0.358 e. The first-order valence-electron chi connectivity index (χ1n) is 5.69. The molecular formula is C13H20N2OS. The van der Waals surface area contributed by atoms with Gasteiger partial charge in [0.25, 0.3) is 0 Å². The van der Waals surface area contributed by atoms with Crippen LogP contribution in [0.5, 0.6) is 0 Å². The Morgan fingerprint density at radius 1 is 1.41 bits per heavy atom. The van der Waals surface area contributed by atoms with Gasteiger partial charge in [-0.15, -0.1) is 11.8 Å². The molecule has 3 nitrogen and oxygen atoms in total. The van der Waals surface area contributed by atoms with Crippen molar-refractivity contribution in [3.05, 3.63) is 35.4 Å². The van der Waals surface area contributed by atoms with Gasteiger partial charge in [0.15, 0.2) is 0 Å². The van der Waals surface area contributed by atoms with Crippen LogP contribution in [0.25, 0.3) is 0 Å². The van der Waals surface area contributed by atoms with E-state index in [9.17, 15) is 4.79 Å². The Labute approximate surface area is 107 Å². The summed E-state index contributed by atoms with van der Waals surface area (Å²) in [5.74, 6) is 0.476. The fraction of sp³-hybridized carbons (Fsp3) is 0.462. The number of amides is 1. The highest BCUT2D eigenvalue weighted by Crippen LogP contribution is 2.31. The van der Waals surface area contributed by atoms with Gasteiger partial charge in [-0.1, -0.05) is 29.8 Å². The number of rotatable bonds is 5. The van der Waals surface area contributed by atoms with E-state index in [-0.39, 0.29) is 17.2 Å². The van der Waals surface area contributed by atoms with E-state index in [0.717, 1.165) is 0 Å². The lowest BCUT2D eigenvalue weighted by Crippen LogP contribution is -2.26. The molecule has 4 heteroatoms. The van der Waals surface area contributed by atoms with E-state index in [0.29, 0.717) is 5.75 Å². The van der Waals surface area contributed by atoms with Gasteiger partial charge in [-0.2, -0.15) is 0 Å². The van der Waals surface area contributed by atoms with Crippen molar-refractivity contribution in [2.45, 2.75) is 25.1 Å². The van der Waals surface area contributed by atoms with Gasteiger partial charge in [0.1, 0.15) is 0 Å². The molecule has 2 unspecified atom stereocenters. The molecule has 0 radical (unpaired) electrons. The Morgan fingerprint density at radius 3 is 2.47 bits per heavy atom. The van der Waals surface area contributed by atoms with Gasteiger partial charge in [-0.05, 0) is 19.4 Å². The molecule has 17 heavy (non-hydrogen) atoms. The first-order valence-corrected chi connectivity index (χ1v) is 6.73. The van der Waals surface area contributed by atoms with Crippen molar-refractivity contribution in [2.24, 2.45) is 5.73 Å². The number of hydrogen-bond acceptors (Lipinski definition) is 3. The fourth-order valence-corrected chi connectivity index (χ4v) is 2.67. The average molecular weight is 252 g/mol. The van der Waals surface area contributed by atoms with Crippen LogP contribution in [0.4, 0.5) is 0 Å². The van der Waals surface area contributed by atoms with Crippen LogP contribution >= 0.6 is 11.8 Å². The van der Waals surface area contributed by atoms with E-state index in [1.165, 1.54) is 11.1 Å². The van der Waals surface area contributed by atoms with Crippen molar-refractivity contribution >= 4 is 17.7 Å². The molecule has 0 aliphatic rings. The van der Waals surface area contributed by atoms with E-state index in [2.05, 4.69) is 36.5 Å². The predicted octanol–water partition coefficient (Wildman–Crippen LogP) is 1.86. The lowest BCUT2D eigenvalue weighted by Gasteiger charge is -2.20. The molecule has 0 aliphatic heterocycles. The summed E-state index contributed by atoms with van der Waals surface area (Å²) in [6.45, 7) is 4.03. The van der Waals surface area contributed by atoms with Gasteiger partial charge in [-0.25, -0.2) is 0 Å². The number of hydrogen-bond donors (Lipinski definition) is 2. The van der Waals surface area contributed by atoms with Crippen molar-refractivity contribution in [3.8, 4) is 0 Å². The summed E-state index contributed by atoms with van der Waals surface area (Å²) in [7, 11) is 1.65. The number of nitrogens with one attached hydrogen (secondary N) is 1. The van der Waals surface area contributed by atoms with Crippen molar-refractivity contribution in [1.82, 2.24) is 5.32 Å². The molecule has 0 saturated carbocycles. The first-order chi connectivity index (χ1) is 8.04. The SMILES string of the molecule is CNC(=O)CSC(c1ccc(C)cc1)C(C)N. The minimum atomic E-state index is 0.0207. The first kappa shape index (κ1) is 14.1. The van der Waals surface area contributed by atoms with Crippen LogP contribution in [-0.2, 0) is 4.79 Å². The summed E-state index contributed by atoms with van der Waals surface area (Å²) in [6, 6.07) is 8.34. The van der Waals surface area contributed by atoms with Crippen molar-refractivity contribution in [2.75, 3.05) is 12.8 Å². The second-order valence-electron chi connectivity index (χ2n) is 4.17. The molecule has 0 aliphatic carbocycles. The van der Waals surface area contributed by atoms with E-state index in [1.54, 1.807) is 18.8 Å². The molecule has 0 heterocycles. The second-order valence-corrected chi connectivity index (χ2v) is 5.30. The third-order valence-corrected chi connectivity index (χ3v) is 4.05. The van der Waals surface area contributed by atoms with Crippen molar-refractivity contribution < 1.29 is 4.79 Å². The molecule has 0 fully saturated rings. The van der Waals surface area contributed by atoms with E-state index in [4.69, 9.17) is 5.73 Å². The summed E-state index contributed by atoms with van der Waals surface area (Å²) < 4.78 is 0. The zero-order valence-corrected chi connectivity index (χ0v) is 11.4. The summed E-state index contributed by atoms with van der Waals surface area (Å²) in [4.78, 5) is 11.3. The van der Waals surface area contributed by atoms with Crippen LogP contribution in [0.15, 0.2) is 24.3 Å². The van der Waals surface area contributed by atoms with Gasteiger partial charge in [0.05, 0.1) is 5.75 Å². The third-order valence-electron chi connectivity index (χ3n) is 2.56. The van der Waals surface area contributed by atoms with Crippen LogP contribution in [0.1, 0.15) is 23.3 Å². The molecule has 1 amide bonds. The highest BCUT2D eigenvalue weighted by Gasteiger charge is 2.17. The van der Waals surface area contributed by atoms with Gasteiger partial charge >= 0.3 is 0 Å². The second kappa shape index (κ2) is 6.67. The van der Waals surface area contributed by atoms with Gasteiger partial charge in [0.2, 0.25) is 5.91 Å². The summed E-state index contributed by atoms with van der Waals surface area (Å²) >= 11 is 1.58. The Bertz CT molecular complexity index is 362. The molecule has 1 rings (SSSR count). The van der Waals surface area contributed by atoms with Crippen LogP contribution in [0.2, 0.25) is 0 Å². The molecule has 1 aromatic carbocycles. The van der Waals surface area contributed by atoms with E-state index >= 15 is 0 Å². The van der Waals surface area contributed by atoms with Gasteiger partial charge < -0.3 is 11.1 Å². The maximum Gasteiger partial charge on any atom is 0.229 e. The molecule has 0 saturated heterocycles. The number of benzene rings is 1. The number of aryl methyl sites for hydroxylation is 1. The molecular weight excluding hydrogens is 232 g/mol. The van der Waals surface area contributed by atoms with Crippen LogP contribution in [-0.4, -0.2) is 24.7 Å². The molecule has 2 atom stereocenters. The maximum atomic E-state index is 11.3. The Morgan fingerprint density at radius 2 is 2.00 bits per heavy atom. The van der Waals surface area contributed by atoms with Crippen LogP contribution < -0.4 is 11.1 Å². The van der Waals surface area contributed by atoms with E-state index < -0.39 is 0 Å². The smallest absolute Gasteiger partial charge is 0.229 e. The monoisotopic (exact) mass is 252 g/mol. The number of carbonyl (C=O) groups is 1. The molecule has 3 N–H and O–H groups in total. The van der Waals surface area contributed by atoms with Crippen molar-refractivity contribution in [3.63, 3.8) is 0 Å². The molecule has 0 aromatic heterocycles. The quantitative estimate of drug-likeness (QED) is 0.841. The normalized spacial score (nSPS) is 14.1. The van der Waals surface area contributed by atoms with Crippen molar-refractivity contribution in [1.29, 1.82) is 0 Å². The predicted molar refractivity (Wildman–Crippen MR) is 74.1 cm³/mol. The minimum Gasteiger partial charge on any atom is -0.358 e. The Kier molecular flexibility index (Phi) is 5.51. The molecule has 0 bridgehead atoms. The van der Waals surface area contributed by atoms with Crippen LogP contribution in [0.3, 0.4) is 0 Å². The van der Waals surface area contributed by atoms with Gasteiger partial charge in [0, 0.05) is 18.3 Å². The molecule has 0 spiro atoms. The lowest BCUT2D eigenvalue weighted by molar-refractivity contribution is -0.118. The Balaban J connectivity index is 2.72. The lowest BCUT2D eigenvalue weighted by atomic mass is 10.1. The average Bonchev–Trinajstić information content (AvgIpc) is 2.31. The highest BCUT2D eigenvalue weighted by molar-refractivity contribution is 8.00. The van der Waals surface area contributed by atoms with Crippen LogP contribution in [0, 0.1) is 6.92 Å². The Hall–Kier alpha value is -1.00. The standard InChI is InChI=1S/C13H20N2OS/c1-9-4-6-11(7-5-9)13(10(2)14)17-8-12(16)15-3/h4-7,10,13H,8,14H2,1-3H3,(H,15,16). The minimum absolute atomic E-state index is 0.0207. The van der Waals surface area contributed by atoms with E-state index in [1.807, 2.05) is 6.92 Å². The zero-order valence-electron chi connectivity index (χ0n) is 10.6. The maximum absolute atomic E-state index is 11.3. The summed E-state index contributed by atoms with van der Waals surface area (Å²) in [6.07, 6.45) is 0. The molecule has 94 valence electrons. The number of thioether (sulfide) groups is 1. The molecule has 1 aromatic rings. The number of nitrogens with two attached hydrogens (primary N) is 1. The highest BCUT2D eigenvalue weighted by atomic mass is 32.2. The summed E-state index contributed by atoms with van der Waals surface area (Å²) in [5, 5.41) is 2.78. The number of carbonyl (C=O) groups excluding carboxylic acids is 1.